The van der Waals surface area contributed by atoms with E-state index in [1.165, 1.54) is 4.31 Å². The van der Waals surface area contributed by atoms with E-state index in [-0.39, 0.29) is 12.1 Å². The molecule has 0 bridgehead atoms. The molecule has 2 unspecified atom stereocenters. The predicted octanol–water partition coefficient (Wildman–Crippen LogP) is 1.27. The van der Waals surface area contributed by atoms with Crippen LogP contribution in [0, 0.1) is 5.92 Å². The van der Waals surface area contributed by atoms with Crippen LogP contribution in [0.1, 0.15) is 20.8 Å². The van der Waals surface area contributed by atoms with Crippen molar-refractivity contribution in [3.05, 3.63) is 30.3 Å². The summed E-state index contributed by atoms with van der Waals surface area (Å²) in [5.74, 6) is 0.415. The van der Waals surface area contributed by atoms with Crippen molar-refractivity contribution in [3.63, 3.8) is 0 Å². The van der Waals surface area contributed by atoms with Crippen LogP contribution in [-0.4, -0.2) is 44.9 Å². The van der Waals surface area contributed by atoms with Gasteiger partial charge in [-0.15, -0.1) is 0 Å². The molecule has 0 amide bonds. The van der Waals surface area contributed by atoms with Crippen molar-refractivity contribution in [1.82, 2.24) is 9.62 Å². The molecule has 0 saturated carbocycles. The summed E-state index contributed by atoms with van der Waals surface area (Å²) in [6, 6.07) is 8.53. The Kier molecular flexibility index (Phi) is 6.80. The first-order valence-corrected chi connectivity index (χ1v) is 8.71. The fourth-order valence-electron chi connectivity index (χ4n) is 2.04. The summed E-state index contributed by atoms with van der Waals surface area (Å²) in [6.07, 6.45) is 0. The second-order valence-electron chi connectivity index (χ2n) is 5.68. The molecule has 1 rings (SSSR count). The molecule has 1 aromatic carbocycles. The summed E-state index contributed by atoms with van der Waals surface area (Å²) in [4.78, 5) is 0.318. The maximum Gasteiger partial charge on any atom is 0.243 e. The van der Waals surface area contributed by atoms with Crippen molar-refractivity contribution in [2.24, 2.45) is 11.7 Å². The standard InChI is InChI=1S/C15H27N3O2S/c1-12(2)15(10-16)17-11-13(3)18(4)21(19,20)14-8-6-5-7-9-14/h5-9,12-13,15,17H,10-11,16H2,1-4H3. The zero-order valence-electron chi connectivity index (χ0n) is 13.3. The second-order valence-corrected chi connectivity index (χ2v) is 7.68. The number of likely N-dealkylation sites (N-methyl/N-ethyl adjacent to an activating group) is 1. The van der Waals surface area contributed by atoms with E-state index in [1.54, 1.807) is 37.4 Å². The summed E-state index contributed by atoms with van der Waals surface area (Å²) in [5.41, 5.74) is 5.72. The molecular weight excluding hydrogens is 286 g/mol. The molecular formula is C15H27N3O2S. The highest BCUT2D eigenvalue weighted by atomic mass is 32.2. The van der Waals surface area contributed by atoms with Crippen LogP contribution in [0.3, 0.4) is 0 Å². The Morgan fingerprint density at radius 1 is 1.19 bits per heavy atom. The van der Waals surface area contributed by atoms with Crippen LogP contribution in [0.15, 0.2) is 35.2 Å². The summed E-state index contributed by atoms with van der Waals surface area (Å²) in [6.45, 7) is 7.20. The fourth-order valence-corrected chi connectivity index (χ4v) is 3.42. The van der Waals surface area contributed by atoms with Gasteiger partial charge in [-0.2, -0.15) is 4.31 Å². The lowest BCUT2D eigenvalue weighted by Crippen LogP contribution is -2.47. The minimum atomic E-state index is -3.45. The number of nitrogens with zero attached hydrogens (tertiary/aromatic N) is 1. The molecule has 0 aliphatic rings. The van der Waals surface area contributed by atoms with Crippen LogP contribution < -0.4 is 11.1 Å². The first-order chi connectivity index (χ1) is 9.80. The Bertz CT molecular complexity index is 517. The van der Waals surface area contributed by atoms with Gasteiger partial charge in [0, 0.05) is 32.2 Å². The van der Waals surface area contributed by atoms with Gasteiger partial charge in [0.25, 0.3) is 0 Å². The van der Waals surface area contributed by atoms with E-state index in [0.29, 0.717) is 23.9 Å². The van der Waals surface area contributed by atoms with Crippen LogP contribution in [-0.2, 0) is 10.0 Å². The lowest BCUT2D eigenvalue weighted by atomic mass is 10.0. The van der Waals surface area contributed by atoms with E-state index < -0.39 is 10.0 Å². The number of sulfonamides is 1. The molecule has 0 spiro atoms. The van der Waals surface area contributed by atoms with Gasteiger partial charge in [0.1, 0.15) is 0 Å². The lowest BCUT2D eigenvalue weighted by molar-refractivity contribution is 0.331. The van der Waals surface area contributed by atoms with Crippen molar-refractivity contribution in [2.75, 3.05) is 20.1 Å². The molecule has 6 heteroatoms. The average molecular weight is 313 g/mol. The molecule has 1 aromatic rings. The summed E-state index contributed by atoms with van der Waals surface area (Å²) >= 11 is 0. The zero-order valence-corrected chi connectivity index (χ0v) is 14.1. The Hall–Kier alpha value is -0.950. The molecule has 120 valence electrons. The highest BCUT2D eigenvalue weighted by Crippen LogP contribution is 2.15. The third-order valence-corrected chi connectivity index (χ3v) is 5.76. The zero-order chi connectivity index (χ0) is 16.0. The first-order valence-electron chi connectivity index (χ1n) is 7.27. The summed E-state index contributed by atoms with van der Waals surface area (Å²) < 4.78 is 26.4. The van der Waals surface area contributed by atoms with E-state index in [4.69, 9.17) is 5.73 Å². The molecule has 5 nitrogen and oxygen atoms in total. The third-order valence-electron chi connectivity index (χ3n) is 3.78. The Morgan fingerprint density at radius 3 is 2.24 bits per heavy atom. The van der Waals surface area contributed by atoms with Gasteiger partial charge < -0.3 is 11.1 Å². The Labute approximate surface area is 128 Å². The van der Waals surface area contributed by atoms with E-state index in [1.807, 2.05) is 6.92 Å². The monoisotopic (exact) mass is 313 g/mol. The topological polar surface area (TPSA) is 75.4 Å². The van der Waals surface area contributed by atoms with Crippen LogP contribution in [0.25, 0.3) is 0 Å². The summed E-state index contributed by atoms with van der Waals surface area (Å²) in [5, 5.41) is 3.34. The van der Waals surface area contributed by atoms with Gasteiger partial charge in [-0.3, -0.25) is 0 Å². The quantitative estimate of drug-likeness (QED) is 0.758. The van der Waals surface area contributed by atoms with Gasteiger partial charge in [-0.05, 0) is 25.0 Å². The van der Waals surface area contributed by atoms with Crippen LogP contribution in [0.2, 0.25) is 0 Å². The first kappa shape index (κ1) is 18.1. The molecule has 3 N–H and O–H groups in total. The molecule has 0 radical (unpaired) electrons. The number of nitrogens with two attached hydrogens (primary N) is 1. The van der Waals surface area contributed by atoms with Crippen LogP contribution in [0.5, 0.6) is 0 Å². The van der Waals surface area contributed by atoms with E-state index >= 15 is 0 Å². The van der Waals surface area contributed by atoms with Crippen LogP contribution >= 0.6 is 0 Å². The molecule has 0 fully saturated rings. The van der Waals surface area contributed by atoms with Gasteiger partial charge in [-0.1, -0.05) is 32.0 Å². The smallest absolute Gasteiger partial charge is 0.243 e. The highest BCUT2D eigenvalue weighted by molar-refractivity contribution is 7.89. The van der Waals surface area contributed by atoms with Crippen molar-refractivity contribution in [2.45, 2.75) is 37.8 Å². The minimum absolute atomic E-state index is 0.150. The molecule has 0 aliphatic carbocycles. The van der Waals surface area contributed by atoms with Gasteiger partial charge in [0.05, 0.1) is 4.90 Å². The van der Waals surface area contributed by atoms with Gasteiger partial charge >= 0.3 is 0 Å². The van der Waals surface area contributed by atoms with Crippen molar-refractivity contribution in [1.29, 1.82) is 0 Å². The molecule has 0 heterocycles. The number of hydrogen-bond donors (Lipinski definition) is 2. The summed E-state index contributed by atoms with van der Waals surface area (Å²) in [7, 11) is -1.84. The largest absolute Gasteiger partial charge is 0.329 e. The van der Waals surface area contributed by atoms with E-state index in [2.05, 4.69) is 19.2 Å². The maximum atomic E-state index is 12.5. The van der Waals surface area contributed by atoms with Gasteiger partial charge in [0.15, 0.2) is 0 Å². The second kappa shape index (κ2) is 7.89. The average Bonchev–Trinajstić information content (AvgIpc) is 2.47. The molecule has 2 atom stereocenters. The van der Waals surface area contributed by atoms with Crippen LogP contribution in [0.4, 0.5) is 0 Å². The number of hydrogen-bond acceptors (Lipinski definition) is 4. The number of nitrogens with one attached hydrogen (secondary N) is 1. The lowest BCUT2D eigenvalue weighted by Gasteiger charge is -2.28. The van der Waals surface area contributed by atoms with Crippen molar-refractivity contribution >= 4 is 10.0 Å². The third kappa shape index (κ3) is 4.78. The predicted molar refractivity (Wildman–Crippen MR) is 86.5 cm³/mol. The van der Waals surface area contributed by atoms with Crippen molar-refractivity contribution in [3.8, 4) is 0 Å². The molecule has 0 saturated heterocycles. The normalized spacial score (nSPS) is 15.4. The van der Waals surface area contributed by atoms with Gasteiger partial charge in [-0.25, -0.2) is 8.42 Å². The Balaban J connectivity index is 2.72. The van der Waals surface area contributed by atoms with Crippen molar-refractivity contribution < 1.29 is 8.42 Å². The minimum Gasteiger partial charge on any atom is -0.329 e. The van der Waals surface area contributed by atoms with E-state index in [0.717, 1.165) is 0 Å². The van der Waals surface area contributed by atoms with E-state index in [9.17, 15) is 8.42 Å². The van der Waals surface area contributed by atoms with Gasteiger partial charge in [0.2, 0.25) is 10.0 Å². The maximum absolute atomic E-state index is 12.5. The number of rotatable bonds is 8. The Morgan fingerprint density at radius 2 is 1.76 bits per heavy atom. The molecule has 0 aliphatic heterocycles. The SMILES string of the molecule is CC(C)C(CN)NCC(C)N(C)S(=O)(=O)c1ccccc1. The molecule has 21 heavy (non-hydrogen) atoms. The number of benzene rings is 1. The molecule has 0 aromatic heterocycles. The fraction of sp³-hybridized carbons (Fsp3) is 0.600. The highest BCUT2D eigenvalue weighted by Gasteiger charge is 2.25.